The van der Waals surface area contributed by atoms with Crippen molar-refractivity contribution in [2.75, 3.05) is 26.2 Å². The number of unbranched alkanes of at least 4 members (excludes halogenated alkanes) is 1. The van der Waals surface area contributed by atoms with Gasteiger partial charge in [0.15, 0.2) is 10.7 Å². The van der Waals surface area contributed by atoms with E-state index in [4.69, 9.17) is 4.98 Å². The van der Waals surface area contributed by atoms with Gasteiger partial charge in [0.25, 0.3) is 0 Å². The summed E-state index contributed by atoms with van der Waals surface area (Å²) >= 11 is 1.64. The molecule has 2 aromatic carbocycles. The van der Waals surface area contributed by atoms with Gasteiger partial charge in [-0.25, -0.2) is 9.37 Å². The number of ketones is 1. The molecule has 4 heterocycles. The van der Waals surface area contributed by atoms with Crippen molar-refractivity contribution in [2.24, 2.45) is 0 Å². The second-order valence-corrected chi connectivity index (χ2v) is 12.1. The van der Waals surface area contributed by atoms with Crippen LogP contribution in [0.1, 0.15) is 78.0 Å². The first-order chi connectivity index (χ1) is 18.5. The zero-order chi connectivity index (χ0) is 26.2. The van der Waals surface area contributed by atoms with Gasteiger partial charge in [-0.3, -0.25) is 9.20 Å². The Morgan fingerprint density at radius 2 is 1.89 bits per heavy atom. The van der Waals surface area contributed by atoms with E-state index in [1.54, 1.807) is 11.3 Å². The average Bonchev–Trinajstić information content (AvgIpc) is 3.64. The zero-order valence-electron chi connectivity index (χ0n) is 22.4. The van der Waals surface area contributed by atoms with Crippen molar-refractivity contribution in [3.63, 3.8) is 0 Å². The van der Waals surface area contributed by atoms with E-state index in [0.29, 0.717) is 25.3 Å². The molecule has 1 atom stereocenters. The van der Waals surface area contributed by atoms with E-state index < -0.39 is 6.17 Å². The first kappa shape index (κ1) is 25.7. The average molecular weight is 533 g/mol. The summed E-state index contributed by atoms with van der Waals surface area (Å²) in [4.78, 5) is 21.2. The number of fused-ring (bicyclic) bond motifs is 3. The molecule has 0 amide bonds. The number of carbonyl (C=O) groups is 1. The van der Waals surface area contributed by atoms with Crippen molar-refractivity contribution in [1.82, 2.24) is 19.6 Å². The van der Waals surface area contributed by atoms with E-state index in [1.807, 2.05) is 12.1 Å². The molecule has 0 aliphatic carbocycles. The third-order valence-corrected chi connectivity index (χ3v) is 9.35. The molecular weight excluding hydrogens is 495 g/mol. The number of nitrogens with one attached hydrogen (secondary N) is 1. The lowest BCUT2D eigenvalue weighted by molar-refractivity contribution is 0.0976. The minimum Gasteiger partial charge on any atom is -0.310 e. The minimum atomic E-state index is -0.631. The van der Waals surface area contributed by atoms with E-state index in [1.165, 1.54) is 35.1 Å². The Balaban J connectivity index is 1.14. The van der Waals surface area contributed by atoms with Crippen LogP contribution in [0, 0.1) is 13.8 Å². The highest BCUT2D eigenvalue weighted by molar-refractivity contribution is 7.23. The van der Waals surface area contributed by atoms with E-state index in [-0.39, 0.29) is 5.78 Å². The van der Waals surface area contributed by atoms with Gasteiger partial charge in [0.1, 0.15) is 6.17 Å². The molecule has 2 fully saturated rings. The highest BCUT2D eigenvalue weighted by Gasteiger charge is 2.21. The summed E-state index contributed by atoms with van der Waals surface area (Å²) in [5.74, 6) is 0.198. The number of carbonyl (C=O) groups excluding carboxylic acids is 1. The Kier molecular flexibility index (Phi) is 7.34. The van der Waals surface area contributed by atoms with E-state index in [2.05, 4.69) is 52.9 Å². The number of rotatable bonds is 8. The molecule has 38 heavy (non-hydrogen) atoms. The highest BCUT2D eigenvalue weighted by Crippen LogP contribution is 2.35. The number of aryl methyl sites for hydroxylation is 2. The van der Waals surface area contributed by atoms with Gasteiger partial charge < -0.3 is 10.2 Å². The number of benzene rings is 2. The molecule has 200 valence electrons. The van der Waals surface area contributed by atoms with Crippen molar-refractivity contribution in [3.05, 3.63) is 58.8 Å². The molecule has 5 nitrogen and oxygen atoms in total. The number of piperidine rings is 1. The molecule has 2 aliphatic rings. The minimum absolute atomic E-state index is 0.198. The Bertz CT molecular complexity index is 1440. The van der Waals surface area contributed by atoms with E-state index in [9.17, 15) is 9.18 Å². The third kappa shape index (κ3) is 5.16. The topological polar surface area (TPSA) is 49.6 Å². The Hall–Kier alpha value is -2.61. The standard InChI is InChI=1S/C31H37FN4OS/c1-20-16-23(25-6-5-12-33-25)17-21(2)30(20)26-19-36-27-9-8-22(18-29(27)38-31(36)34-26)28(37)7-3-4-13-35-14-10-24(32)11-15-35/h8-9,16-19,24-25,33H,3-7,10-15H2,1-2H3/t25-/m1/s1. The summed E-state index contributed by atoms with van der Waals surface area (Å²) in [5.41, 5.74) is 8.02. The smallest absolute Gasteiger partial charge is 0.195 e. The van der Waals surface area contributed by atoms with Crippen LogP contribution in [0.25, 0.3) is 26.4 Å². The van der Waals surface area contributed by atoms with Gasteiger partial charge in [-0.1, -0.05) is 23.5 Å². The van der Waals surface area contributed by atoms with Crippen molar-refractivity contribution >= 4 is 32.3 Å². The lowest BCUT2D eigenvalue weighted by Gasteiger charge is -2.28. The molecule has 7 heteroatoms. The maximum absolute atomic E-state index is 13.3. The Morgan fingerprint density at radius 3 is 2.63 bits per heavy atom. The van der Waals surface area contributed by atoms with Gasteiger partial charge in [0.2, 0.25) is 0 Å². The van der Waals surface area contributed by atoms with Crippen molar-refractivity contribution in [1.29, 1.82) is 0 Å². The van der Waals surface area contributed by atoms with Crippen LogP contribution in [0.15, 0.2) is 36.5 Å². The quantitative estimate of drug-likeness (QED) is 0.195. The zero-order valence-corrected chi connectivity index (χ0v) is 23.2. The molecule has 0 saturated carbocycles. The third-order valence-electron chi connectivity index (χ3n) is 8.34. The molecular formula is C31H37FN4OS. The van der Waals surface area contributed by atoms with Crippen LogP contribution >= 0.6 is 11.3 Å². The SMILES string of the molecule is Cc1cc([C@H]2CCCN2)cc(C)c1-c1cn2c(n1)sc1cc(C(=O)CCCCN3CCC(F)CC3)ccc12. The maximum atomic E-state index is 13.3. The normalized spacial score (nSPS) is 19.2. The number of hydrogen-bond acceptors (Lipinski definition) is 5. The van der Waals surface area contributed by atoms with Crippen molar-refractivity contribution in [2.45, 2.75) is 71.0 Å². The summed E-state index contributed by atoms with van der Waals surface area (Å²) in [6.07, 6.45) is 7.66. The van der Waals surface area contributed by atoms with Gasteiger partial charge >= 0.3 is 0 Å². The molecule has 2 aliphatic heterocycles. The number of alkyl halides is 1. The first-order valence-corrected chi connectivity index (χ1v) is 14.9. The predicted octanol–water partition coefficient (Wildman–Crippen LogP) is 7.04. The van der Waals surface area contributed by atoms with Crippen molar-refractivity contribution < 1.29 is 9.18 Å². The molecule has 2 saturated heterocycles. The molecule has 6 rings (SSSR count). The van der Waals surface area contributed by atoms with Crippen LogP contribution in [0.2, 0.25) is 0 Å². The fourth-order valence-electron chi connectivity index (χ4n) is 6.26. The van der Waals surface area contributed by atoms with Crippen LogP contribution in [0.4, 0.5) is 4.39 Å². The Morgan fingerprint density at radius 1 is 1.11 bits per heavy atom. The second kappa shape index (κ2) is 10.9. The van der Waals surface area contributed by atoms with Crippen LogP contribution in [0.5, 0.6) is 0 Å². The number of Topliss-reactive ketones (excluding diaryl/α,β-unsaturated/α-hetero) is 1. The van der Waals surface area contributed by atoms with Gasteiger partial charge in [0, 0.05) is 42.9 Å². The second-order valence-electron chi connectivity index (χ2n) is 11.1. The first-order valence-electron chi connectivity index (χ1n) is 14.1. The van der Waals surface area contributed by atoms with Crippen LogP contribution in [-0.4, -0.2) is 52.4 Å². The lowest BCUT2D eigenvalue weighted by atomic mass is 9.94. The molecule has 0 bridgehead atoms. The number of likely N-dealkylation sites (tertiary alicyclic amines) is 1. The summed E-state index contributed by atoms with van der Waals surface area (Å²) in [6, 6.07) is 11.2. The van der Waals surface area contributed by atoms with E-state index in [0.717, 1.165) is 65.5 Å². The number of imidazole rings is 1. The number of thiazole rings is 1. The van der Waals surface area contributed by atoms with Crippen LogP contribution in [-0.2, 0) is 0 Å². The molecule has 0 unspecified atom stereocenters. The van der Waals surface area contributed by atoms with Gasteiger partial charge in [0.05, 0.1) is 15.9 Å². The summed E-state index contributed by atoms with van der Waals surface area (Å²) < 4.78 is 16.6. The Labute approximate surface area is 228 Å². The van der Waals surface area contributed by atoms with Crippen LogP contribution < -0.4 is 5.32 Å². The van der Waals surface area contributed by atoms with Gasteiger partial charge in [-0.2, -0.15) is 0 Å². The molecule has 4 aromatic rings. The largest absolute Gasteiger partial charge is 0.310 e. The molecule has 1 N–H and O–H groups in total. The number of hydrogen-bond donors (Lipinski definition) is 1. The molecule has 0 radical (unpaired) electrons. The number of nitrogens with zero attached hydrogens (tertiary/aromatic N) is 3. The van der Waals surface area contributed by atoms with Gasteiger partial charge in [-0.05, 0) is 100 Å². The molecule has 0 spiro atoms. The van der Waals surface area contributed by atoms with E-state index >= 15 is 0 Å². The summed E-state index contributed by atoms with van der Waals surface area (Å²) in [6.45, 7) is 8.13. The lowest BCUT2D eigenvalue weighted by Crippen LogP contribution is -2.35. The van der Waals surface area contributed by atoms with Crippen molar-refractivity contribution in [3.8, 4) is 11.3 Å². The number of aromatic nitrogens is 2. The van der Waals surface area contributed by atoms with Gasteiger partial charge in [-0.15, -0.1) is 0 Å². The summed E-state index contributed by atoms with van der Waals surface area (Å²) in [5, 5.41) is 3.61. The fourth-order valence-corrected chi connectivity index (χ4v) is 7.30. The monoisotopic (exact) mass is 532 g/mol. The number of halogens is 1. The highest BCUT2D eigenvalue weighted by atomic mass is 32.1. The summed E-state index contributed by atoms with van der Waals surface area (Å²) in [7, 11) is 0. The predicted molar refractivity (Wildman–Crippen MR) is 154 cm³/mol. The molecule has 2 aromatic heterocycles. The van der Waals surface area contributed by atoms with Crippen LogP contribution in [0.3, 0.4) is 0 Å². The fraction of sp³-hybridized carbons (Fsp3) is 0.484. The maximum Gasteiger partial charge on any atom is 0.195 e.